The zero-order valence-electron chi connectivity index (χ0n) is 8.59. The quantitative estimate of drug-likeness (QED) is 0.577. The standard InChI is InChI=1S/C11H16O3S/c1-7-4-8(5-12)2-3-9(7)11(14)10(13)6-15/h2-4,10-15H,5-6H2,1H3. The lowest BCUT2D eigenvalue weighted by atomic mass is 9.98. The van der Waals surface area contributed by atoms with Gasteiger partial charge in [0.2, 0.25) is 0 Å². The van der Waals surface area contributed by atoms with Crippen molar-refractivity contribution in [2.75, 3.05) is 5.75 Å². The normalized spacial score (nSPS) is 15.0. The van der Waals surface area contributed by atoms with Crippen molar-refractivity contribution in [3.63, 3.8) is 0 Å². The Bertz CT molecular complexity index is 328. The Morgan fingerprint density at radius 3 is 2.47 bits per heavy atom. The van der Waals surface area contributed by atoms with Gasteiger partial charge in [0.15, 0.2) is 0 Å². The number of aryl methyl sites for hydroxylation is 1. The van der Waals surface area contributed by atoms with E-state index in [1.54, 1.807) is 18.2 Å². The highest BCUT2D eigenvalue weighted by Crippen LogP contribution is 2.22. The van der Waals surface area contributed by atoms with Gasteiger partial charge in [-0.05, 0) is 23.6 Å². The third-order valence-corrected chi connectivity index (χ3v) is 2.76. The summed E-state index contributed by atoms with van der Waals surface area (Å²) in [7, 11) is 0. The van der Waals surface area contributed by atoms with Crippen molar-refractivity contribution in [3.8, 4) is 0 Å². The highest BCUT2D eigenvalue weighted by Gasteiger charge is 2.18. The second-order valence-electron chi connectivity index (χ2n) is 3.54. The Labute approximate surface area is 94.8 Å². The summed E-state index contributed by atoms with van der Waals surface area (Å²) >= 11 is 3.93. The van der Waals surface area contributed by atoms with Crippen LogP contribution in [-0.2, 0) is 6.61 Å². The van der Waals surface area contributed by atoms with E-state index >= 15 is 0 Å². The van der Waals surface area contributed by atoms with Crippen LogP contribution in [0.3, 0.4) is 0 Å². The number of aliphatic hydroxyl groups excluding tert-OH is 3. The zero-order chi connectivity index (χ0) is 11.4. The summed E-state index contributed by atoms with van der Waals surface area (Å²) in [5.41, 5.74) is 2.33. The number of benzene rings is 1. The fourth-order valence-corrected chi connectivity index (χ4v) is 1.67. The van der Waals surface area contributed by atoms with Gasteiger partial charge in [-0.25, -0.2) is 0 Å². The molecule has 0 aromatic heterocycles. The minimum absolute atomic E-state index is 0.0215. The second-order valence-corrected chi connectivity index (χ2v) is 3.91. The smallest absolute Gasteiger partial charge is 0.106 e. The van der Waals surface area contributed by atoms with Crippen LogP contribution < -0.4 is 0 Å². The fraction of sp³-hybridized carbons (Fsp3) is 0.455. The molecule has 0 heterocycles. The largest absolute Gasteiger partial charge is 0.392 e. The molecule has 0 aliphatic carbocycles. The van der Waals surface area contributed by atoms with E-state index in [1.165, 1.54) is 0 Å². The van der Waals surface area contributed by atoms with Gasteiger partial charge in [0.25, 0.3) is 0 Å². The van der Waals surface area contributed by atoms with Crippen molar-refractivity contribution in [1.82, 2.24) is 0 Å². The van der Waals surface area contributed by atoms with Crippen molar-refractivity contribution >= 4 is 12.6 Å². The van der Waals surface area contributed by atoms with Gasteiger partial charge in [-0.2, -0.15) is 12.6 Å². The Morgan fingerprint density at radius 1 is 1.33 bits per heavy atom. The average Bonchev–Trinajstić information content (AvgIpc) is 2.26. The molecule has 0 radical (unpaired) electrons. The third-order valence-electron chi connectivity index (χ3n) is 2.39. The second kappa shape index (κ2) is 5.51. The molecule has 0 saturated heterocycles. The zero-order valence-corrected chi connectivity index (χ0v) is 9.48. The molecule has 3 nitrogen and oxygen atoms in total. The summed E-state index contributed by atoms with van der Waals surface area (Å²) in [6.45, 7) is 1.81. The van der Waals surface area contributed by atoms with Gasteiger partial charge in [0, 0.05) is 5.75 Å². The fourth-order valence-electron chi connectivity index (χ4n) is 1.48. The molecule has 0 amide bonds. The molecular formula is C11H16O3S. The minimum Gasteiger partial charge on any atom is -0.392 e. The first-order valence-electron chi connectivity index (χ1n) is 4.77. The summed E-state index contributed by atoms with van der Waals surface area (Å²) < 4.78 is 0. The summed E-state index contributed by atoms with van der Waals surface area (Å²) in [6, 6.07) is 5.25. The van der Waals surface area contributed by atoms with Crippen LogP contribution >= 0.6 is 12.6 Å². The Morgan fingerprint density at radius 2 is 2.00 bits per heavy atom. The molecule has 0 spiro atoms. The minimum atomic E-state index is -0.921. The summed E-state index contributed by atoms with van der Waals surface area (Å²) in [4.78, 5) is 0. The number of rotatable bonds is 4. The van der Waals surface area contributed by atoms with E-state index in [0.717, 1.165) is 11.1 Å². The van der Waals surface area contributed by atoms with Gasteiger partial charge < -0.3 is 15.3 Å². The van der Waals surface area contributed by atoms with Crippen molar-refractivity contribution in [2.24, 2.45) is 0 Å². The predicted molar refractivity (Wildman–Crippen MR) is 61.9 cm³/mol. The molecule has 0 aliphatic heterocycles. The van der Waals surface area contributed by atoms with Crippen LogP contribution in [0.4, 0.5) is 0 Å². The molecule has 0 aliphatic rings. The van der Waals surface area contributed by atoms with Gasteiger partial charge in [-0.1, -0.05) is 18.2 Å². The van der Waals surface area contributed by atoms with Crippen LogP contribution in [0.5, 0.6) is 0 Å². The first kappa shape index (κ1) is 12.5. The maximum absolute atomic E-state index is 9.77. The van der Waals surface area contributed by atoms with Crippen LogP contribution in [0.2, 0.25) is 0 Å². The Kier molecular flexibility index (Phi) is 4.60. The lowest BCUT2D eigenvalue weighted by Crippen LogP contribution is -2.20. The van der Waals surface area contributed by atoms with E-state index in [2.05, 4.69) is 12.6 Å². The van der Waals surface area contributed by atoms with E-state index in [9.17, 15) is 10.2 Å². The van der Waals surface area contributed by atoms with E-state index in [0.29, 0.717) is 5.56 Å². The van der Waals surface area contributed by atoms with Crippen LogP contribution in [0.25, 0.3) is 0 Å². The van der Waals surface area contributed by atoms with E-state index in [-0.39, 0.29) is 12.4 Å². The highest BCUT2D eigenvalue weighted by molar-refractivity contribution is 7.80. The lowest BCUT2D eigenvalue weighted by Gasteiger charge is -2.18. The molecule has 15 heavy (non-hydrogen) atoms. The highest BCUT2D eigenvalue weighted by atomic mass is 32.1. The molecule has 2 atom stereocenters. The van der Waals surface area contributed by atoms with Gasteiger partial charge in [0.1, 0.15) is 6.10 Å². The number of hydrogen-bond donors (Lipinski definition) is 4. The lowest BCUT2D eigenvalue weighted by molar-refractivity contribution is 0.0333. The monoisotopic (exact) mass is 228 g/mol. The summed E-state index contributed by atoms with van der Waals surface area (Å²) in [5, 5.41) is 28.1. The van der Waals surface area contributed by atoms with Crippen LogP contribution in [0.15, 0.2) is 18.2 Å². The first-order chi connectivity index (χ1) is 7.10. The molecule has 1 rings (SSSR count). The van der Waals surface area contributed by atoms with E-state index < -0.39 is 12.2 Å². The molecule has 0 bridgehead atoms. The topological polar surface area (TPSA) is 60.7 Å². The van der Waals surface area contributed by atoms with E-state index in [1.807, 2.05) is 6.92 Å². The van der Waals surface area contributed by atoms with Gasteiger partial charge in [-0.3, -0.25) is 0 Å². The maximum Gasteiger partial charge on any atom is 0.106 e. The Balaban J connectivity index is 2.95. The average molecular weight is 228 g/mol. The molecule has 2 unspecified atom stereocenters. The van der Waals surface area contributed by atoms with Crippen molar-refractivity contribution in [2.45, 2.75) is 25.7 Å². The molecule has 4 heteroatoms. The van der Waals surface area contributed by atoms with Gasteiger partial charge in [-0.15, -0.1) is 0 Å². The third kappa shape index (κ3) is 2.95. The SMILES string of the molecule is Cc1cc(CO)ccc1C(O)C(O)CS. The maximum atomic E-state index is 9.77. The summed E-state index contributed by atoms with van der Waals surface area (Å²) in [6.07, 6.45) is -1.79. The van der Waals surface area contributed by atoms with Gasteiger partial charge >= 0.3 is 0 Å². The molecular weight excluding hydrogens is 212 g/mol. The molecule has 1 aromatic carbocycles. The van der Waals surface area contributed by atoms with Crippen molar-refractivity contribution in [1.29, 1.82) is 0 Å². The number of thiol groups is 1. The summed E-state index contributed by atoms with van der Waals surface area (Å²) in [5.74, 6) is 0.211. The molecule has 1 aromatic rings. The molecule has 84 valence electrons. The number of hydrogen-bond acceptors (Lipinski definition) is 4. The predicted octanol–water partition coefficient (Wildman–Crippen LogP) is 0.811. The van der Waals surface area contributed by atoms with E-state index in [4.69, 9.17) is 5.11 Å². The van der Waals surface area contributed by atoms with Crippen LogP contribution in [0.1, 0.15) is 22.8 Å². The molecule has 3 N–H and O–H groups in total. The van der Waals surface area contributed by atoms with Crippen molar-refractivity contribution < 1.29 is 15.3 Å². The van der Waals surface area contributed by atoms with Crippen molar-refractivity contribution in [3.05, 3.63) is 34.9 Å². The Hall–Kier alpha value is -0.550. The molecule has 0 fully saturated rings. The van der Waals surface area contributed by atoms with Crippen LogP contribution in [-0.4, -0.2) is 27.2 Å². The molecule has 0 saturated carbocycles. The number of aliphatic hydroxyl groups is 3. The van der Waals surface area contributed by atoms with Crippen LogP contribution in [0, 0.1) is 6.92 Å². The first-order valence-corrected chi connectivity index (χ1v) is 5.40. The van der Waals surface area contributed by atoms with Gasteiger partial charge in [0.05, 0.1) is 12.7 Å².